The highest BCUT2D eigenvalue weighted by Gasteiger charge is 2.29. The Morgan fingerprint density at radius 1 is 1.23 bits per heavy atom. The first-order chi connectivity index (χ1) is 12.4. The van der Waals surface area contributed by atoms with Crippen LogP contribution >= 0.6 is 11.6 Å². The number of hydrogen-bond donors (Lipinski definition) is 3. The largest absolute Gasteiger partial charge is 0.504 e. The van der Waals surface area contributed by atoms with Crippen molar-refractivity contribution in [2.45, 2.75) is 52.9 Å². The van der Waals surface area contributed by atoms with Gasteiger partial charge in [0.2, 0.25) is 0 Å². The third-order valence-corrected chi connectivity index (χ3v) is 5.06. The lowest BCUT2D eigenvalue weighted by Crippen LogP contribution is -2.40. The van der Waals surface area contributed by atoms with Crippen LogP contribution in [-0.2, 0) is 9.63 Å². The number of nitrogens with one attached hydrogen (secondary N) is 1. The van der Waals surface area contributed by atoms with Crippen LogP contribution in [0.2, 0.25) is 5.02 Å². The number of aromatic hydroxyl groups is 2. The van der Waals surface area contributed by atoms with Crippen molar-refractivity contribution in [2.24, 2.45) is 10.6 Å². The molecule has 0 atom stereocenters. The molecular weight excluding hydrogens is 356 g/mol. The van der Waals surface area contributed by atoms with Gasteiger partial charge in [-0.1, -0.05) is 50.4 Å². The first kappa shape index (κ1) is 22.1. The molecule has 7 heteroatoms. The molecule has 26 heavy (non-hydrogen) atoms. The minimum absolute atomic E-state index is 0.0399. The minimum Gasteiger partial charge on any atom is -0.504 e. The van der Waals surface area contributed by atoms with Gasteiger partial charge in [0.15, 0.2) is 17.2 Å². The fourth-order valence-electron chi connectivity index (χ4n) is 3.23. The summed E-state index contributed by atoms with van der Waals surface area (Å²) in [4.78, 5) is 17.5. The highest BCUT2D eigenvalue weighted by Crippen LogP contribution is 2.36. The zero-order valence-electron chi connectivity index (χ0n) is 15.9. The second-order valence-corrected chi connectivity index (χ2v) is 6.83. The lowest BCUT2D eigenvalue weighted by molar-refractivity contribution is -0.115. The van der Waals surface area contributed by atoms with Crippen LogP contribution < -0.4 is 5.32 Å². The van der Waals surface area contributed by atoms with E-state index in [1.165, 1.54) is 19.2 Å². The van der Waals surface area contributed by atoms with Crippen molar-refractivity contribution < 1.29 is 19.8 Å². The number of carbonyl (C=O) groups excluding carboxylic acids is 1. The van der Waals surface area contributed by atoms with Crippen molar-refractivity contribution in [2.75, 3.05) is 13.7 Å². The monoisotopic (exact) mass is 384 g/mol. The second kappa shape index (κ2) is 10.3. The van der Waals surface area contributed by atoms with Gasteiger partial charge in [-0.25, -0.2) is 0 Å². The molecule has 0 saturated heterocycles. The number of halogens is 1. The number of hydrogen-bond acceptors (Lipinski definition) is 5. The molecule has 0 aliphatic carbocycles. The Hall–Kier alpha value is -1.95. The van der Waals surface area contributed by atoms with E-state index >= 15 is 0 Å². The van der Waals surface area contributed by atoms with Crippen LogP contribution in [0.15, 0.2) is 17.3 Å². The Morgan fingerprint density at radius 2 is 1.85 bits per heavy atom. The van der Waals surface area contributed by atoms with Crippen LogP contribution in [0.5, 0.6) is 11.5 Å². The fourth-order valence-corrected chi connectivity index (χ4v) is 3.48. The van der Waals surface area contributed by atoms with Crippen molar-refractivity contribution in [3.63, 3.8) is 0 Å². The first-order valence-electron chi connectivity index (χ1n) is 8.95. The molecule has 0 fully saturated rings. The third-order valence-electron chi connectivity index (χ3n) is 4.68. The third kappa shape index (κ3) is 5.27. The van der Waals surface area contributed by atoms with E-state index in [-0.39, 0.29) is 27.5 Å². The van der Waals surface area contributed by atoms with Gasteiger partial charge in [-0.2, -0.15) is 0 Å². The van der Waals surface area contributed by atoms with Crippen molar-refractivity contribution in [1.82, 2.24) is 5.32 Å². The van der Waals surface area contributed by atoms with Gasteiger partial charge in [0, 0.05) is 12.1 Å². The summed E-state index contributed by atoms with van der Waals surface area (Å²) in [6.07, 6.45) is 5.09. The van der Waals surface area contributed by atoms with E-state index in [0.29, 0.717) is 6.54 Å². The zero-order valence-corrected chi connectivity index (χ0v) is 16.7. The van der Waals surface area contributed by atoms with E-state index in [0.717, 1.165) is 32.1 Å². The summed E-state index contributed by atoms with van der Waals surface area (Å²) < 4.78 is 0. The van der Waals surface area contributed by atoms with E-state index < -0.39 is 11.7 Å². The van der Waals surface area contributed by atoms with Gasteiger partial charge in [0.05, 0.1) is 5.02 Å². The summed E-state index contributed by atoms with van der Waals surface area (Å²) in [5, 5.41) is 25.9. The molecule has 146 valence electrons. The van der Waals surface area contributed by atoms with Crippen LogP contribution in [-0.4, -0.2) is 35.5 Å². The van der Waals surface area contributed by atoms with Gasteiger partial charge in [0.1, 0.15) is 7.11 Å². The number of benzene rings is 1. The number of amides is 1. The van der Waals surface area contributed by atoms with Crippen molar-refractivity contribution >= 4 is 23.2 Å². The molecule has 1 rings (SSSR count). The summed E-state index contributed by atoms with van der Waals surface area (Å²) in [5.74, 6) is -1.31. The molecule has 0 bridgehead atoms. The Kier molecular flexibility index (Phi) is 8.72. The Labute approximate surface area is 160 Å². The highest BCUT2D eigenvalue weighted by molar-refractivity contribution is 6.49. The van der Waals surface area contributed by atoms with E-state index in [2.05, 4.69) is 31.2 Å². The number of rotatable bonds is 10. The topological polar surface area (TPSA) is 91.2 Å². The number of oxime groups is 1. The quantitative estimate of drug-likeness (QED) is 0.320. The Bertz CT molecular complexity index is 641. The van der Waals surface area contributed by atoms with Crippen LogP contribution in [0.4, 0.5) is 0 Å². The Balaban J connectivity index is 3.07. The number of nitrogens with zero attached hydrogens (tertiary/aromatic N) is 1. The smallest absolute Gasteiger partial charge is 0.274 e. The van der Waals surface area contributed by atoms with Crippen LogP contribution in [0, 0.1) is 5.41 Å². The minimum atomic E-state index is -0.499. The number of phenolic OH excluding ortho intramolecular Hbond substituents is 2. The lowest BCUT2D eigenvalue weighted by Gasteiger charge is -2.32. The second-order valence-electron chi connectivity index (χ2n) is 6.45. The maximum absolute atomic E-state index is 12.7. The van der Waals surface area contributed by atoms with Gasteiger partial charge < -0.3 is 20.4 Å². The average Bonchev–Trinajstić information content (AvgIpc) is 2.63. The molecule has 0 heterocycles. The van der Waals surface area contributed by atoms with E-state index in [1.807, 2.05) is 0 Å². The molecule has 0 aromatic heterocycles. The highest BCUT2D eigenvalue weighted by atomic mass is 35.5. The maximum Gasteiger partial charge on any atom is 0.274 e. The van der Waals surface area contributed by atoms with Gasteiger partial charge in [-0.05, 0) is 36.8 Å². The molecule has 6 nitrogen and oxygen atoms in total. The standard InChI is InChI=1S/C19H29ClN2O4/c1-5-10-19(7-3,11-6-2)12-21-18(25)16(22-26-4)13-8-9-14(23)17(24)15(13)20/h8-9,23-24H,5-7,10-12H2,1-4H3,(H,21,25)/b22-16+. The van der Waals surface area contributed by atoms with Crippen LogP contribution in [0.3, 0.4) is 0 Å². The maximum atomic E-state index is 12.7. The average molecular weight is 385 g/mol. The van der Waals surface area contributed by atoms with Crippen LogP contribution in [0.25, 0.3) is 0 Å². The first-order valence-corrected chi connectivity index (χ1v) is 9.33. The van der Waals surface area contributed by atoms with Crippen molar-refractivity contribution in [1.29, 1.82) is 0 Å². The lowest BCUT2D eigenvalue weighted by atomic mass is 9.77. The van der Waals surface area contributed by atoms with Gasteiger partial charge in [-0.3, -0.25) is 4.79 Å². The molecule has 0 saturated carbocycles. The molecule has 1 aromatic carbocycles. The molecule has 0 radical (unpaired) electrons. The van der Waals surface area contributed by atoms with E-state index in [4.69, 9.17) is 16.4 Å². The summed E-state index contributed by atoms with van der Waals surface area (Å²) in [7, 11) is 1.33. The molecule has 0 unspecified atom stereocenters. The number of phenols is 2. The predicted molar refractivity (Wildman–Crippen MR) is 104 cm³/mol. The Morgan fingerprint density at radius 3 is 2.35 bits per heavy atom. The normalized spacial score (nSPS) is 12.1. The summed E-state index contributed by atoms with van der Waals surface area (Å²) >= 11 is 6.06. The van der Waals surface area contributed by atoms with Gasteiger partial charge in [-0.15, -0.1) is 0 Å². The summed E-state index contributed by atoms with van der Waals surface area (Å²) in [5.41, 5.74) is 0.179. The SMILES string of the molecule is CCCC(CC)(CCC)CNC(=O)/C(=N/OC)c1ccc(O)c(O)c1Cl. The van der Waals surface area contributed by atoms with Crippen molar-refractivity contribution in [3.8, 4) is 11.5 Å². The molecule has 0 spiro atoms. The van der Waals surface area contributed by atoms with E-state index in [9.17, 15) is 15.0 Å². The van der Waals surface area contributed by atoms with Gasteiger partial charge in [0.25, 0.3) is 5.91 Å². The molecule has 0 aliphatic heterocycles. The summed E-state index contributed by atoms with van der Waals surface area (Å²) in [6.45, 7) is 6.93. The van der Waals surface area contributed by atoms with Crippen LogP contribution in [0.1, 0.15) is 58.4 Å². The fraction of sp³-hybridized carbons (Fsp3) is 0.579. The van der Waals surface area contributed by atoms with E-state index in [1.54, 1.807) is 0 Å². The molecule has 1 amide bonds. The van der Waals surface area contributed by atoms with Gasteiger partial charge >= 0.3 is 0 Å². The van der Waals surface area contributed by atoms with Crippen molar-refractivity contribution in [3.05, 3.63) is 22.7 Å². The molecule has 3 N–H and O–H groups in total. The summed E-state index contributed by atoms with van der Waals surface area (Å²) in [6, 6.07) is 2.67. The zero-order chi connectivity index (χ0) is 19.7. The molecule has 1 aromatic rings. The molecular formula is C19H29ClN2O4. The number of carbonyl (C=O) groups is 1. The molecule has 0 aliphatic rings. The predicted octanol–water partition coefficient (Wildman–Crippen LogP) is 4.21.